The van der Waals surface area contributed by atoms with Gasteiger partial charge in [-0.05, 0) is 20.7 Å². The monoisotopic (exact) mass is 169 g/mol. The zero-order valence-corrected chi connectivity index (χ0v) is 5.62. The van der Waals surface area contributed by atoms with Gasteiger partial charge in [-0.15, -0.1) is 5.10 Å². The van der Waals surface area contributed by atoms with Gasteiger partial charge in [0.1, 0.15) is 0 Å². The molecule has 2 aromatic rings. The van der Waals surface area contributed by atoms with Crippen molar-refractivity contribution in [2.45, 2.75) is 0 Å². The highest BCUT2D eigenvalue weighted by atomic mass is 16.6. The second-order valence-corrected chi connectivity index (χ2v) is 1.89. The molecule has 0 saturated heterocycles. The van der Waals surface area contributed by atoms with Gasteiger partial charge >= 0.3 is 0 Å². The molecule has 62 valence electrons. The van der Waals surface area contributed by atoms with Crippen LogP contribution in [0, 0.1) is 0 Å². The first-order chi connectivity index (χ1) is 5.79. The number of hydrogen-bond donors (Lipinski definition) is 2. The van der Waals surface area contributed by atoms with Crippen LogP contribution in [0.5, 0.6) is 0 Å². The third-order valence-corrected chi connectivity index (χ3v) is 1.18. The summed E-state index contributed by atoms with van der Waals surface area (Å²) in [4.78, 5) is 0.426. The van der Waals surface area contributed by atoms with E-state index in [9.17, 15) is 0 Å². The van der Waals surface area contributed by atoms with Crippen molar-refractivity contribution in [3.8, 4) is 11.5 Å². The number of nitrogens with zero attached hydrogens (tertiary/aromatic N) is 6. The van der Waals surface area contributed by atoms with Crippen LogP contribution in [0.2, 0.25) is 0 Å². The molecule has 9 nitrogen and oxygen atoms in total. The molecule has 0 aliphatic carbocycles. The Bertz CT molecular complexity index is 353. The molecule has 0 radical (unpaired) electrons. The lowest BCUT2D eigenvalue weighted by molar-refractivity contribution is 0.146. The molecule has 12 heavy (non-hydrogen) atoms. The van der Waals surface area contributed by atoms with Crippen LogP contribution < -0.4 is 5.73 Å². The average Bonchev–Trinajstić information content (AvgIpc) is 2.59. The first-order valence-electron chi connectivity index (χ1n) is 2.85. The Morgan fingerprint density at radius 1 is 1.42 bits per heavy atom. The number of hydrogen-bond acceptors (Lipinski definition) is 8. The molecule has 2 rings (SSSR count). The largest absolute Gasteiger partial charge is 0.409 e. The van der Waals surface area contributed by atoms with Gasteiger partial charge in [-0.3, -0.25) is 0 Å². The van der Waals surface area contributed by atoms with E-state index in [4.69, 9.17) is 10.9 Å². The molecule has 0 spiro atoms. The quantitative estimate of drug-likeness (QED) is 0.495. The predicted octanol–water partition coefficient (Wildman–Crippen LogP) is -1.46. The van der Waals surface area contributed by atoms with Gasteiger partial charge in [-0.1, -0.05) is 4.85 Å². The van der Waals surface area contributed by atoms with Crippen molar-refractivity contribution in [2.75, 3.05) is 5.73 Å². The molecule has 3 N–H and O–H groups in total. The highest BCUT2D eigenvalue weighted by Crippen LogP contribution is 2.16. The summed E-state index contributed by atoms with van der Waals surface area (Å²) in [6.45, 7) is 0. The number of anilines is 1. The summed E-state index contributed by atoms with van der Waals surface area (Å²) in [5, 5.41) is 25.4. The summed E-state index contributed by atoms with van der Waals surface area (Å²) in [7, 11) is 0. The van der Waals surface area contributed by atoms with E-state index in [1.165, 1.54) is 0 Å². The van der Waals surface area contributed by atoms with Gasteiger partial charge in [0.25, 0.3) is 0 Å². The fourth-order valence-corrected chi connectivity index (χ4v) is 0.675. The van der Waals surface area contributed by atoms with Gasteiger partial charge in [0, 0.05) is 0 Å². The summed E-state index contributed by atoms with van der Waals surface area (Å²) >= 11 is 0. The first kappa shape index (κ1) is 6.52. The van der Waals surface area contributed by atoms with E-state index in [-0.39, 0.29) is 17.3 Å². The van der Waals surface area contributed by atoms with Crippen LogP contribution in [0.15, 0.2) is 4.63 Å². The van der Waals surface area contributed by atoms with E-state index in [0.29, 0.717) is 4.85 Å². The van der Waals surface area contributed by atoms with E-state index >= 15 is 0 Å². The summed E-state index contributed by atoms with van der Waals surface area (Å²) in [5.74, 6) is -0.00569. The summed E-state index contributed by atoms with van der Waals surface area (Å²) in [6, 6.07) is 0. The molecule has 0 aromatic carbocycles. The molecule has 0 saturated carbocycles. The zero-order valence-electron chi connectivity index (χ0n) is 5.62. The Morgan fingerprint density at radius 2 is 2.25 bits per heavy atom. The van der Waals surface area contributed by atoms with Crippen LogP contribution in [-0.4, -0.2) is 35.9 Å². The lowest BCUT2D eigenvalue weighted by atomic mass is 10.4. The SMILES string of the molecule is Nc1nonc1-c1nnnn1O. The van der Waals surface area contributed by atoms with Crippen LogP contribution in [-0.2, 0) is 0 Å². The van der Waals surface area contributed by atoms with Crippen molar-refractivity contribution in [2.24, 2.45) is 0 Å². The second kappa shape index (κ2) is 2.15. The maximum atomic E-state index is 8.96. The molecule has 0 aliphatic rings. The Morgan fingerprint density at radius 3 is 2.75 bits per heavy atom. The minimum Gasteiger partial charge on any atom is -0.409 e. The van der Waals surface area contributed by atoms with Crippen molar-refractivity contribution < 1.29 is 9.84 Å². The average molecular weight is 169 g/mol. The van der Waals surface area contributed by atoms with Crippen molar-refractivity contribution >= 4 is 5.82 Å². The third kappa shape index (κ3) is 0.761. The van der Waals surface area contributed by atoms with Crippen molar-refractivity contribution in [3.63, 3.8) is 0 Å². The van der Waals surface area contributed by atoms with Crippen LogP contribution in [0.1, 0.15) is 0 Å². The number of nitrogen functional groups attached to an aromatic ring is 1. The minimum atomic E-state index is -0.0197. The van der Waals surface area contributed by atoms with E-state index in [0.717, 1.165) is 0 Å². The van der Waals surface area contributed by atoms with Crippen molar-refractivity contribution in [1.82, 2.24) is 30.7 Å². The number of rotatable bonds is 1. The van der Waals surface area contributed by atoms with E-state index < -0.39 is 0 Å². The first-order valence-corrected chi connectivity index (χ1v) is 2.85. The van der Waals surface area contributed by atoms with Crippen LogP contribution in [0.25, 0.3) is 11.5 Å². The van der Waals surface area contributed by atoms with Crippen molar-refractivity contribution in [3.05, 3.63) is 0 Å². The Labute approximate surface area is 64.7 Å². The Kier molecular flexibility index (Phi) is 1.17. The molecule has 9 heteroatoms. The summed E-state index contributed by atoms with van der Waals surface area (Å²) < 4.78 is 4.28. The number of tetrazole rings is 1. The lowest BCUT2D eigenvalue weighted by Gasteiger charge is -1.88. The predicted molar refractivity (Wildman–Crippen MR) is 32.7 cm³/mol. The molecule has 0 fully saturated rings. The second-order valence-electron chi connectivity index (χ2n) is 1.89. The molecule has 0 atom stereocenters. The molecular formula is C3H3N7O2. The maximum absolute atomic E-state index is 8.96. The Hall–Kier alpha value is -2.19. The standard InChI is InChI=1S/C3H3N7O2/c4-2-1(6-12-7-2)3-5-8-9-10(3)11/h11H,(H2,4,7). The lowest BCUT2D eigenvalue weighted by Crippen LogP contribution is -1.98. The van der Waals surface area contributed by atoms with Crippen LogP contribution in [0.3, 0.4) is 0 Å². The number of aromatic nitrogens is 6. The van der Waals surface area contributed by atoms with Crippen LogP contribution >= 0.6 is 0 Å². The van der Waals surface area contributed by atoms with Gasteiger partial charge in [-0.25, -0.2) is 4.63 Å². The molecule has 0 aliphatic heterocycles. The highest BCUT2D eigenvalue weighted by Gasteiger charge is 2.16. The fourth-order valence-electron chi connectivity index (χ4n) is 0.675. The van der Waals surface area contributed by atoms with Gasteiger partial charge in [0.05, 0.1) is 0 Å². The van der Waals surface area contributed by atoms with Gasteiger partial charge in [-0.2, -0.15) is 0 Å². The fraction of sp³-hybridized carbons (Fsp3) is 0. The molecule has 2 heterocycles. The summed E-state index contributed by atoms with van der Waals surface area (Å²) in [6.07, 6.45) is 0. The Balaban J connectivity index is 2.57. The normalized spacial score (nSPS) is 10.3. The maximum Gasteiger partial charge on any atom is 0.248 e. The van der Waals surface area contributed by atoms with Gasteiger partial charge in [0.15, 0.2) is 5.82 Å². The van der Waals surface area contributed by atoms with Gasteiger partial charge < -0.3 is 10.9 Å². The van der Waals surface area contributed by atoms with Crippen molar-refractivity contribution in [1.29, 1.82) is 0 Å². The third-order valence-electron chi connectivity index (χ3n) is 1.18. The molecule has 2 aromatic heterocycles. The zero-order chi connectivity index (χ0) is 8.55. The molecular weight excluding hydrogens is 166 g/mol. The highest BCUT2D eigenvalue weighted by molar-refractivity contribution is 5.61. The van der Waals surface area contributed by atoms with Gasteiger partial charge in [0.2, 0.25) is 11.5 Å². The summed E-state index contributed by atoms with van der Waals surface area (Å²) in [5.41, 5.74) is 5.41. The molecule has 0 amide bonds. The smallest absolute Gasteiger partial charge is 0.248 e. The number of nitrogens with two attached hydrogens (primary N) is 1. The molecule has 0 unspecified atom stereocenters. The van der Waals surface area contributed by atoms with E-state index in [1.54, 1.807) is 0 Å². The molecule has 0 bridgehead atoms. The van der Waals surface area contributed by atoms with E-state index in [1.807, 2.05) is 0 Å². The van der Waals surface area contributed by atoms with E-state index in [2.05, 4.69) is 30.5 Å². The topological polar surface area (TPSA) is 129 Å². The van der Waals surface area contributed by atoms with Crippen LogP contribution in [0.4, 0.5) is 5.82 Å². The minimum absolute atomic E-state index is 0.0140.